The van der Waals surface area contributed by atoms with E-state index in [2.05, 4.69) is 5.48 Å². The molecule has 1 amide bonds. The Balaban J connectivity index is 1.72. The van der Waals surface area contributed by atoms with Gasteiger partial charge in [-0.15, -0.1) is 0 Å². The normalized spacial score (nSPS) is 18.9. The van der Waals surface area contributed by atoms with Crippen molar-refractivity contribution in [2.75, 3.05) is 26.1 Å². The summed E-state index contributed by atoms with van der Waals surface area (Å²) in [6, 6.07) is 24.2. The Hall–Kier alpha value is -3.73. The number of nitrogens with one attached hydrogen (secondary N) is 1. The second kappa shape index (κ2) is 12.2. The summed E-state index contributed by atoms with van der Waals surface area (Å²) >= 11 is 0. The number of hydrogen-bond donors (Lipinski definition) is 2. The number of hydrogen-bond acceptors (Lipinski definition) is 8. The first-order chi connectivity index (χ1) is 18.4. The molecule has 1 aliphatic heterocycles. The van der Waals surface area contributed by atoms with E-state index >= 15 is 0 Å². The molecule has 0 spiro atoms. The number of benzene rings is 3. The molecule has 4 rings (SSSR count). The fraction of sp³-hybridized carbons (Fsp3) is 0.286. The van der Waals surface area contributed by atoms with Crippen LogP contribution in [0.3, 0.4) is 0 Å². The smallest absolute Gasteiger partial charge is 0.275 e. The Bertz CT molecular complexity index is 1350. The lowest BCUT2D eigenvalue weighted by Crippen LogP contribution is -2.49. The molecule has 2 atom stereocenters. The van der Waals surface area contributed by atoms with Gasteiger partial charge in [-0.05, 0) is 42.0 Å². The second-order valence-corrected chi connectivity index (χ2v) is 10.8. The predicted octanol–water partition coefficient (Wildman–Crippen LogP) is 3.25. The third-order valence-electron chi connectivity index (χ3n) is 6.18. The molecule has 3 aromatic rings. The monoisotopic (exact) mass is 538 g/mol. The van der Waals surface area contributed by atoms with Gasteiger partial charge < -0.3 is 14.6 Å². The maximum Gasteiger partial charge on any atom is 0.275 e. The van der Waals surface area contributed by atoms with Gasteiger partial charge in [0.15, 0.2) is 21.5 Å². The lowest BCUT2D eigenvalue weighted by molar-refractivity contribution is -0.139. The van der Waals surface area contributed by atoms with Crippen molar-refractivity contribution in [2.45, 2.75) is 29.4 Å². The van der Waals surface area contributed by atoms with Crippen LogP contribution < -0.4 is 10.2 Å². The Labute approximate surface area is 222 Å². The summed E-state index contributed by atoms with van der Waals surface area (Å²) in [5.74, 6) is -0.145. The molecule has 0 unspecified atom stereocenters. The Morgan fingerprint density at radius 3 is 2.32 bits per heavy atom. The van der Waals surface area contributed by atoms with Crippen molar-refractivity contribution in [1.82, 2.24) is 5.48 Å². The number of aliphatic hydroxyl groups is 1. The molecule has 0 saturated heterocycles. The fourth-order valence-corrected chi connectivity index (χ4v) is 5.60. The quantitative estimate of drug-likeness (QED) is 0.268. The average Bonchev–Trinajstić information content (AvgIpc) is 3.35. The first kappa shape index (κ1) is 27.3. The van der Waals surface area contributed by atoms with E-state index in [1.807, 2.05) is 30.3 Å². The summed E-state index contributed by atoms with van der Waals surface area (Å²) in [4.78, 5) is 23.4. The lowest BCUT2D eigenvalue weighted by Gasteiger charge is -2.30. The molecule has 200 valence electrons. The van der Waals surface area contributed by atoms with Crippen molar-refractivity contribution in [3.63, 3.8) is 0 Å². The van der Waals surface area contributed by atoms with Crippen LogP contribution in [0.25, 0.3) is 0 Å². The van der Waals surface area contributed by atoms with Gasteiger partial charge in [0.05, 0.1) is 24.4 Å². The summed E-state index contributed by atoms with van der Waals surface area (Å²) < 4.78 is 38.2. The highest BCUT2D eigenvalue weighted by molar-refractivity contribution is 7.91. The van der Waals surface area contributed by atoms with E-state index < -0.39 is 27.4 Å². The molecule has 0 aliphatic carbocycles. The molecule has 2 N–H and O–H groups in total. The molecule has 10 heteroatoms. The van der Waals surface area contributed by atoms with E-state index in [0.29, 0.717) is 29.9 Å². The van der Waals surface area contributed by atoms with Gasteiger partial charge in [0, 0.05) is 25.0 Å². The Morgan fingerprint density at radius 2 is 1.68 bits per heavy atom. The summed E-state index contributed by atoms with van der Waals surface area (Å²) in [5, 5.41) is 8.95. The van der Waals surface area contributed by atoms with Gasteiger partial charge in [-0.25, -0.2) is 18.9 Å². The van der Waals surface area contributed by atoms with Crippen LogP contribution in [0, 0.1) is 0 Å². The number of carbonyl (C=O) groups is 1. The molecular formula is C28H30N2O7S. The van der Waals surface area contributed by atoms with Gasteiger partial charge in [-0.1, -0.05) is 48.5 Å². The highest BCUT2D eigenvalue weighted by Crippen LogP contribution is 2.43. The van der Waals surface area contributed by atoms with Gasteiger partial charge in [-0.3, -0.25) is 9.63 Å². The molecule has 0 fully saturated rings. The van der Waals surface area contributed by atoms with Crippen LogP contribution in [0.15, 0.2) is 94.8 Å². The van der Waals surface area contributed by atoms with Crippen LogP contribution in [0.5, 0.6) is 5.75 Å². The topological polar surface area (TPSA) is 124 Å². The SMILES string of the molecule is CONC(=O)[C@@]1(CCS(=O)(=O)c2ccccc2)N=C(c2ccc(OCCCO)cc2)O[C@H]1c1ccccc1. The molecule has 9 nitrogen and oxygen atoms in total. The van der Waals surface area contributed by atoms with E-state index in [4.69, 9.17) is 24.4 Å². The highest BCUT2D eigenvalue weighted by Gasteiger charge is 2.53. The minimum absolute atomic E-state index is 0.0369. The van der Waals surface area contributed by atoms with Crippen LogP contribution in [0.4, 0.5) is 0 Å². The van der Waals surface area contributed by atoms with Crippen LogP contribution in [0.2, 0.25) is 0 Å². The number of hydroxylamine groups is 1. The van der Waals surface area contributed by atoms with Crippen molar-refractivity contribution in [3.05, 3.63) is 96.1 Å². The zero-order valence-electron chi connectivity index (χ0n) is 20.9. The van der Waals surface area contributed by atoms with Gasteiger partial charge in [0.1, 0.15) is 5.75 Å². The van der Waals surface area contributed by atoms with E-state index in [-0.39, 0.29) is 29.6 Å². The van der Waals surface area contributed by atoms with Crippen molar-refractivity contribution < 1.29 is 32.6 Å². The number of sulfone groups is 1. The van der Waals surface area contributed by atoms with Crippen molar-refractivity contribution in [3.8, 4) is 5.75 Å². The van der Waals surface area contributed by atoms with Crippen molar-refractivity contribution in [1.29, 1.82) is 0 Å². The molecular weight excluding hydrogens is 508 g/mol. The van der Waals surface area contributed by atoms with E-state index in [1.165, 1.54) is 19.2 Å². The lowest BCUT2D eigenvalue weighted by atomic mass is 9.85. The number of amides is 1. The largest absolute Gasteiger partial charge is 0.494 e. The van der Waals surface area contributed by atoms with E-state index in [0.717, 1.165) is 0 Å². The zero-order valence-corrected chi connectivity index (χ0v) is 21.8. The van der Waals surface area contributed by atoms with Gasteiger partial charge in [0.25, 0.3) is 5.91 Å². The number of aliphatic imine (C=N–C) groups is 1. The number of nitrogens with zero attached hydrogens (tertiary/aromatic N) is 1. The standard InChI is InChI=1S/C28H30N2O7S/c1-35-30-27(32)28(17-20-38(33,34)24-11-6-3-7-12-24)25(21-9-4-2-5-10-21)37-26(29-28)22-13-15-23(16-14-22)36-19-8-18-31/h2-7,9-16,25,31H,8,17-20H2,1H3,(H,30,32)/t25-,28-/m0/s1. The molecule has 0 radical (unpaired) electrons. The summed E-state index contributed by atoms with van der Waals surface area (Å²) in [5.41, 5.74) is 1.99. The van der Waals surface area contributed by atoms with Crippen LogP contribution in [-0.4, -0.2) is 56.9 Å². The third-order valence-corrected chi connectivity index (χ3v) is 7.91. The van der Waals surface area contributed by atoms with E-state index in [9.17, 15) is 13.2 Å². The highest BCUT2D eigenvalue weighted by atomic mass is 32.2. The molecule has 1 aliphatic rings. The molecule has 0 saturated carbocycles. The third kappa shape index (κ3) is 6.04. The van der Waals surface area contributed by atoms with Crippen LogP contribution in [0.1, 0.15) is 30.1 Å². The number of ether oxygens (including phenoxy) is 2. The minimum atomic E-state index is -3.72. The van der Waals surface area contributed by atoms with Gasteiger partial charge in [-0.2, -0.15) is 0 Å². The van der Waals surface area contributed by atoms with Crippen molar-refractivity contribution in [2.24, 2.45) is 4.99 Å². The number of rotatable bonds is 12. The van der Waals surface area contributed by atoms with Crippen molar-refractivity contribution >= 4 is 21.6 Å². The second-order valence-electron chi connectivity index (χ2n) is 8.72. The fourth-order valence-electron chi connectivity index (χ4n) is 4.21. The Morgan fingerprint density at radius 1 is 1.03 bits per heavy atom. The maximum absolute atomic E-state index is 13.5. The summed E-state index contributed by atoms with van der Waals surface area (Å²) in [6.45, 7) is 0.411. The zero-order chi connectivity index (χ0) is 27.0. The predicted molar refractivity (Wildman–Crippen MR) is 141 cm³/mol. The summed E-state index contributed by atoms with van der Waals surface area (Å²) in [7, 11) is -2.41. The van der Waals surface area contributed by atoms with Gasteiger partial charge in [0.2, 0.25) is 5.90 Å². The van der Waals surface area contributed by atoms with Gasteiger partial charge >= 0.3 is 0 Å². The first-order valence-electron chi connectivity index (χ1n) is 12.2. The Kier molecular flexibility index (Phi) is 8.77. The molecule has 3 aromatic carbocycles. The first-order valence-corrected chi connectivity index (χ1v) is 13.8. The molecule has 0 bridgehead atoms. The number of aliphatic hydroxyl groups excluding tert-OH is 1. The minimum Gasteiger partial charge on any atom is -0.494 e. The number of carbonyl (C=O) groups excluding carboxylic acids is 1. The maximum atomic E-state index is 13.5. The van der Waals surface area contributed by atoms with Crippen LogP contribution in [-0.2, 0) is 24.2 Å². The molecule has 38 heavy (non-hydrogen) atoms. The van der Waals surface area contributed by atoms with Crippen LogP contribution >= 0.6 is 0 Å². The average molecular weight is 539 g/mol. The summed E-state index contributed by atoms with van der Waals surface area (Å²) in [6.07, 6.45) is -0.537. The molecule has 0 aromatic heterocycles. The molecule has 1 heterocycles. The van der Waals surface area contributed by atoms with E-state index in [1.54, 1.807) is 42.5 Å².